The van der Waals surface area contributed by atoms with Crippen LogP contribution in [0.5, 0.6) is 0 Å². The normalized spacial score (nSPS) is 11.3. The minimum atomic E-state index is -0.199. The number of nitrogens with zero attached hydrogens (tertiary/aromatic N) is 1. The summed E-state index contributed by atoms with van der Waals surface area (Å²) in [5.74, 6) is 1.20. The van der Waals surface area contributed by atoms with Gasteiger partial charge in [0.15, 0.2) is 5.89 Å². The second-order valence-electron chi connectivity index (χ2n) is 6.49. The van der Waals surface area contributed by atoms with E-state index in [4.69, 9.17) is 4.42 Å². The number of H-pyrrole nitrogens is 1. The number of aromatic amines is 1. The van der Waals surface area contributed by atoms with E-state index in [1.165, 1.54) is 10.9 Å². The Morgan fingerprint density at radius 3 is 2.92 bits per heavy atom. The van der Waals surface area contributed by atoms with Crippen molar-refractivity contribution in [1.29, 1.82) is 0 Å². The van der Waals surface area contributed by atoms with Crippen molar-refractivity contribution in [3.8, 4) is 0 Å². The molecular formula is C19H23N3O2. The zero-order chi connectivity index (χ0) is 17.1. The maximum absolute atomic E-state index is 12.3. The van der Waals surface area contributed by atoms with E-state index in [1.807, 2.05) is 31.3 Å². The number of carbonyl (C=O) groups is 1. The zero-order valence-corrected chi connectivity index (χ0v) is 14.3. The van der Waals surface area contributed by atoms with Crippen LogP contribution >= 0.6 is 0 Å². The standard InChI is InChI=1S/C19H23N3O2/c1-12(2)10-17-22-13(3)18(24-17)19(23)20-9-8-14-11-21-16-7-5-4-6-15(14)16/h4-7,11-12,21H,8-10H2,1-3H3,(H,20,23). The molecule has 0 saturated carbocycles. The second kappa shape index (κ2) is 6.91. The van der Waals surface area contributed by atoms with Gasteiger partial charge in [-0.25, -0.2) is 4.98 Å². The van der Waals surface area contributed by atoms with Crippen molar-refractivity contribution in [2.24, 2.45) is 5.92 Å². The molecule has 0 aliphatic carbocycles. The van der Waals surface area contributed by atoms with Crippen LogP contribution in [0.1, 0.15) is 41.6 Å². The molecule has 24 heavy (non-hydrogen) atoms. The van der Waals surface area contributed by atoms with E-state index in [-0.39, 0.29) is 5.91 Å². The van der Waals surface area contributed by atoms with Crippen molar-refractivity contribution in [2.45, 2.75) is 33.6 Å². The summed E-state index contributed by atoms with van der Waals surface area (Å²) >= 11 is 0. The molecule has 0 spiro atoms. The maximum Gasteiger partial charge on any atom is 0.289 e. The van der Waals surface area contributed by atoms with Gasteiger partial charge in [-0.15, -0.1) is 0 Å². The summed E-state index contributed by atoms with van der Waals surface area (Å²) in [5.41, 5.74) is 2.96. The molecule has 5 heteroatoms. The Balaban J connectivity index is 1.60. The van der Waals surface area contributed by atoms with Gasteiger partial charge in [-0.2, -0.15) is 0 Å². The summed E-state index contributed by atoms with van der Waals surface area (Å²) in [6.45, 7) is 6.56. The van der Waals surface area contributed by atoms with Crippen molar-refractivity contribution in [3.05, 3.63) is 53.4 Å². The molecule has 0 radical (unpaired) electrons. The molecule has 5 nitrogen and oxygen atoms in total. The molecule has 2 heterocycles. The molecular weight excluding hydrogens is 302 g/mol. The lowest BCUT2D eigenvalue weighted by molar-refractivity contribution is 0.0923. The molecule has 0 aliphatic heterocycles. The number of oxazole rings is 1. The number of fused-ring (bicyclic) bond motifs is 1. The van der Waals surface area contributed by atoms with Crippen molar-refractivity contribution >= 4 is 16.8 Å². The third-order valence-electron chi connectivity index (χ3n) is 3.98. The number of carbonyl (C=O) groups excluding carboxylic acids is 1. The Bertz CT molecular complexity index is 845. The monoisotopic (exact) mass is 325 g/mol. The van der Waals surface area contributed by atoms with E-state index in [9.17, 15) is 4.79 Å². The van der Waals surface area contributed by atoms with Gasteiger partial charge in [-0.05, 0) is 30.9 Å². The van der Waals surface area contributed by atoms with Gasteiger partial charge >= 0.3 is 0 Å². The van der Waals surface area contributed by atoms with Gasteiger partial charge in [0.1, 0.15) is 0 Å². The number of benzene rings is 1. The third kappa shape index (κ3) is 3.50. The zero-order valence-electron chi connectivity index (χ0n) is 14.3. The quantitative estimate of drug-likeness (QED) is 0.727. The topological polar surface area (TPSA) is 70.9 Å². The van der Waals surface area contributed by atoms with Crippen molar-refractivity contribution in [1.82, 2.24) is 15.3 Å². The Hall–Kier alpha value is -2.56. The van der Waals surface area contributed by atoms with Crippen LogP contribution in [0, 0.1) is 12.8 Å². The van der Waals surface area contributed by atoms with Gasteiger partial charge in [0.25, 0.3) is 5.91 Å². The van der Waals surface area contributed by atoms with Gasteiger partial charge in [0.05, 0.1) is 5.69 Å². The Kier molecular flexibility index (Phi) is 4.69. The summed E-state index contributed by atoms with van der Waals surface area (Å²) in [7, 11) is 0. The third-order valence-corrected chi connectivity index (χ3v) is 3.98. The lowest BCUT2D eigenvalue weighted by Crippen LogP contribution is -2.25. The summed E-state index contributed by atoms with van der Waals surface area (Å²) < 4.78 is 5.62. The van der Waals surface area contributed by atoms with Gasteiger partial charge < -0.3 is 14.7 Å². The smallest absolute Gasteiger partial charge is 0.289 e. The summed E-state index contributed by atoms with van der Waals surface area (Å²) in [6, 6.07) is 8.16. The number of hydrogen-bond donors (Lipinski definition) is 2. The Morgan fingerprint density at radius 2 is 2.12 bits per heavy atom. The molecule has 1 amide bonds. The molecule has 2 aromatic heterocycles. The highest BCUT2D eigenvalue weighted by molar-refractivity contribution is 5.92. The van der Waals surface area contributed by atoms with Gasteiger partial charge in [0, 0.05) is 30.1 Å². The van der Waals surface area contributed by atoms with E-state index in [0.717, 1.165) is 18.4 Å². The number of amides is 1. The van der Waals surface area contributed by atoms with Crippen LogP contribution in [0.25, 0.3) is 10.9 Å². The molecule has 2 N–H and O–H groups in total. The average molecular weight is 325 g/mol. The van der Waals surface area contributed by atoms with Crippen LogP contribution in [-0.2, 0) is 12.8 Å². The molecule has 3 aromatic rings. The van der Waals surface area contributed by atoms with Crippen molar-refractivity contribution < 1.29 is 9.21 Å². The fourth-order valence-corrected chi connectivity index (χ4v) is 2.83. The molecule has 0 saturated heterocycles. The van der Waals surface area contributed by atoms with E-state index in [0.29, 0.717) is 29.8 Å². The van der Waals surface area contributed by atoms with Gasteiger partial charge in [0.2, 0.25) is 5.76 Å². The lowest BCUT2D eigenvalue weighted by atomic mass is 10.1. The number of para-hydroxylation sites is 1. The minimum absolute atomic E-state index is 0.199. The molecule has 126 valence electrons. The SMILES string of the molecule is Cc1nc(CC(C)C)oc1C(=O)NCCc1c[nH]c2ccccc12. The van der Waals surface area contributed by atoms with Crippen molar-refractivity contribution in [3.63, 3.8) is 0 Å². The van der Waals surface area contributed by atoms with Crippen LogP contribution in [0.2, 0.25) is 0 Å². The lowest BCUT2D eigenvalue weighted by Gasteiger charge is -2.03. The Morgan fingerprint density at radius 1 is 1.33 bits per heavy atom. The molecule has 0 bridgehead atoms. The van der Waals surface area contributed by atoms with Crippen LogP contribution in [0.4, 0.5) is 0 Å². The largest absolute Gasteiger partial charge is 0.435 e. The fourth-order valence-electron chi connectivity index (χ4n) is 2.83. The molecule has 3 rings (SSSR count). The molecule has 0 unspecified atom stereocenters. The van der Waals surface area contributed by atoms with E-state index in [2.05, 4.69) is 35.2 Å². The molecule has 0 fully saturated rings. The predicted molar refractivity (Wildman–Crippen MR) is 94.1 cm³/mol. The summed E-state index contributed by atoms with van der Waals surface area (Å²) in [5, 5.41) is 4.12. The predicted octanol–water partition coefficient (Wildman–Crippen LogP) is 3.64. The van der Waals surface area contributed by atoms with Crippen molar-refractivity contribution in [2.75, 3.05) is 6.54 Å². The molecule has 0 aliphatic rings. The number of nitrogens with one attached hydrogen (secondary N) is 2. The van der Waals surface area contributed by atoms with Crippen LogP contribution in [0.3, 0.4) is 0 Å². The van der Waals surface area contributed by atoms with Gasteiger partial charge in [-0.1, -0.05) is 32.0 Å². The fraction of sp³-hybridized carbons (Fsp3) is 0.368. The Labute approximate surface area is 141 Å². The number of aromatic nitrogens is 2. The first-order valence-electron chi connectivity index (χ1n) is 8.34. The first-order valence-corrected chi connectivity index (χ1v) is 8.34. The number of rotatable bonds is 6. The van der Waals surface area contributed by atoms with E-state index in [1.54, 1.807) is 0 Å². The van der Waals surface area contributed by atoms with E-state index >= 15 is 0 Å². The number of hydrogen-bond acceptors (Lipinski definition) is 3. The first-order chi connectivity index (χ1) is 11.5. The highest BCUT2D eigenvalue weighted by atomic mass is 16.4. The summed E-state index contributed by atoms with van der Waals surface area (Å²) in [6.07, 6.45) is 3.50. The maximum atomic E-state index is 12.3. The molecule has 0 atom stereocenters. The average Bonchev–Trinajstić information content (AvgIpc) is 3.10. The van der Waals surface area contributed by atoms with Crippen LogP contribution in [0.15, 0.2) is 34.9 Å². The van der Waals surface area contributed by atoms with E-state index < -0.39 is 0 Å². The van der Waals surface area contributed by atoms with Crippen LogP contribution in [-0.4, -0.2) is 22.4 Å². The summed E-state index contributed by atoms with van der Waals surface area (Å²) in [4.78, 5) is 19.9. The first kappa shape index (κ1) is 16.3. The highest BCUT2D eigenvalue weighted by Gasteiger charge is 2.17. The van der Waals surface area contributed by atoms with Crippen LogP contribution < -0.4 is 5.32 Å². The second-order valence-corrected chi connectivity index (χ2v) is 6.49. The molecule has 1 aromatic carbocycles. The minimum Gasteiger partial charge on any atom is -0.435 e. The number of aryl methyl sites for hydroxylation is 1. The highest BCUT2D eigenvalue weighted by Crippen LogP contribution is 2.18. The van der Waals surface area contributed by atoms with Gasteiger partial charge in [-0.3, -0.25) is 4.79 Å².